The molecule has 2 aromatic rings. The summed E-state index contributed by atoms with van der Waals surface area (Å²) in [7, 11) is -1.48. The van der Waals surface area contributed by atoms with Gasteiger partial charge in [-0.15, -0.1) is 0 Å². The van der Waals surface area contributed by atoms with Crippen molar-refractivity contribution in [2.75, 3.05) is 0 Å². The zero-order valence-electron chi connectivity index (χ0n) is 19.1. The van der Waals surface area contributed by atoms with Crippen LogP contribution < -0.4 is 5.32 Å². The van der Waals surface area contributed by atoms with Crippen molar-refractivity contribution in [3.63, 3.8) is 0 Å². The maximum Gasteiger partial charge on any atom is 0.488 e. The number of nitrogens with one attached hydrogen (secondary N) is 1. The third kappa shape index (κ3) is 3.89. The van der Waals surface area contributed by atoms with Crippen LogP contribution in [0.15, 0.2) is 74.0 Å². The first-order valence-electron chi connectivity index (χ1n) is 12.2. The van der Waals surface area contributed by atoms with Crippen molar-refractivity contribution in [2.45, 2.75) is 51.1 Å². The van der Waals surface area contributed by atoms with Crippen LogP contribution in [-0.2, 0) is 6.42 Å². The van der Waals surface area contributed by atoms with Gasteiger partial charge >= 0.3 is 7.12 Å². The summed E-state index contributed by atoms with van der Waals surface area (Å²) in [5.74, 6) is 2.91. The highest BCUT2D eigenvalue weighted by atomic mass is 16.4. The van der Waals surface area contributed by atoms with Crippen LogP contribution in [0.3, 0.4) is 0 Å². The van der Waals surface area contributed by atoms with Gasteiger partial charge in [0.05, 0.1) is 5.56 Å². The highest BCUT2D eigenvalue weighted by molar-refractivity contribution is 6.52. The number of aliphatic imine (C=N–C) groups is 2. The zero-order chi connectivity index (χ0) is 23.1. The minimum absolute atomic E-state index is 0.190. The Balaban J connectivity index is 1.43. The Morgan fingerprint density at radius 2 is 1.91 bits per heavy atom. The lowest BCUT2D eigenvalue weighted by Gasteiger charge is -2.29. The number of hydrogen-bond donors (Lipinski definition) is 3. The summed E-state index contributed by atoms with van der Waals surface area (Å²) >= 11 is 0. The lowest BCUT2D eigenvalue weighted by molar-refractivity contribution is 0.397. The zero-order valence-corrected chi connectivity index (χ0v) is 19.1. The molecule has 3 N–H and O–H groups in total. The van der Waals surface area contributed by atoms with Gasteiger partial charge < -0.3 is 19.8 Å². The summed E-state index contributed by atoms with van der Waals surface area (Å²) < 4.78 is 6.37. The normalized spacial score (nSPS) is 24.1. The number of furan rings is 1. The van der Waals surface area contributed by atoms with Crippen LogP contribution in [0.25, 0.3) is 17.0 Å². The second kappa shape index (κ2) is 8.89. The van der Waals surface area contributed by atoms with E-state index >= 15 is 0 Å². The molecule has 1 aromatic heterocycles. The quantitative estimate of drug-likeness (QED) is 0.470. The first-order valence-corrected chi connectivity index (χ1v) is 12.2. The number of nitrogens with zero attached hydrogens (tertiary/aromatic N) is 2. The molecule has 2 atom stereocenters. The Morgan fingerprint density at radius 1 is 1.00 bits per heavy atom. The highest BCUT2D eigenvalue weighted by Gasteiger charge is 2.29. The molecule has 2 unspecified atom stereocenters. The number of benzene rings is 1. The lowest BCUT2D eigenvalue weighted by Crippen LogP contribution is -2.40. The van der Waals surface area contributed by atoms with Crippen LogP contribution in [0.4, 0.5) is 0 Å². The van der Waals surface area contributed by atoms with Crippen LogP contribution in [0.5, 0.6) is 0 Å². The van der Waals surface area contributed by atoms with Crippen molar-refractivity contribution in [1.82, 2.24) is 5.32 Å². The summed E-state index contributed by atoms with van der Waals surface area (Å²) in [4.78, 5) is 10.1. The Kier molecular flexibility index (Phi) is 5.59. The highest BCUT2D eigenvalue weighted by Crippen LogP contribution is 2.34. The first-order chi connectivity index (χ1) is 16.7. The molecular formula is C27H28BN3O3. The molecule has 0 fully saturated rings. The lowest BCUT2D eigenvalue weighted by atomic mass is 9.75. The van der Waals surface area contributed by atoms with E-state index in [9.17, 15) is 10.0 Å². The molecule has 0 radical (unpaired) electrons. The molecule has 0 saturated carbocycles. The Hall–Kier alpha value is -3.16. The molecule has 2 heterocycles. The monoisotopic (exact) mass is 453 g/mol. The van der Waals surface area contributed by atoms with Crippen molar-refractivity contribution in [1.29, 1.82) is 0 Å². The third-order valence-corrected chi connectivity index (χ3v) is 7.14. The molecule has 34 heavy (non-hydrogen) atoms. The summed E-state index contributed by atoms with van der Waals surface area (Å²) in [5.41, 5.74) is 4.46. The summed E-state index contributed by atoms with van der Waals surface area (Å²) in [6.45, 7) is 0. The smallest absolute Gasteiger partial charge is 0.460 e. The van der Waals surface area contributed by atoms with Gasteiger partial charge in [0.25, 0.3) is 0 Å². The van der Waals surface area contributed by atoms with Gasteiger partial charge in [-0.2, -0.15) is 0 Å². The van der Waals surface area contributed by atoms with Gasteiger partial charge in [0.15, 0.2) is 0 Å². The Bertz CT molecular complexity index is 1310. The number of aryl methyl sites for hydroxylation is 1. The van der Waals surface area contributed by atoms with Gasteiger partial charge in [0, 0.05) is 23.3 Å². The SMILES string of the molecule is OB(O)C1=CCCC(C2=NC(C3CC=CCC3)N=C(c3cccc4c5c(oc34)CCC=C5)N2)=C1. The number of hydrogen-bond acceptors (Lipinski definition) is 6. The fraction of sp³-hybridized carbons (Fsp3) is 0.333. The molecule has 172 valence electrons. The van der Waals surface area contributed by atoms with E-state index in [0.717, 1.165) is 84.5 Å². The van der Waals surface area contributed by atoms with Crippen molar-refractivity contribution in [3.05, 3.63) is 76.5 Å². The second-order valence-electron chi connectivity index (χ2n) is 9.39. The van der Waals surface area contributed by atoms with Gasteiger partial charge in [-0.3, -0.25) is 0 Å². The van der Waals surface area contributed by atoms with Crippen LogP contribution in [-0.4, -0.2) is 35.0 Å². The Labute approximate surface area is 199 Å². The molecule has 6 nitrogen and oxygen atoms in total. The topological polar surface area (TPSA) is 90.4 Å². The predicted octanol–water partition coefficient (Wildman–Crippen LogP) is 4.48. The molecule has 7 heteroatoms. The summed E-state index contributed by atoms with van der Waals surface area (Å²) in [6, 6.07) is 6.24. The third-order valence-electron chi connectivity index (χ3n) is 7.14. The van der Waals surface area contributed by atoms with Gasteiger partial charge in [-0.05, 0) is 55.6 Å². The fourth-order valence-corrected chi connectivity index (χ4v) is 5.32. The first kappa shape index (κ1) is 21.4. The van der Waals surface area contributed by atoms with Gasteiger partial charge in [-0.25, -0.2) is 9.98 Å². The van der Waals surface area contributed by atoms with E-state index in [4.69, 9.17) is 14.4 Å². The summed E-state index contributed by atoms with van der Waals surface area (Å²) in [6.07, 6.45) is 18.9. The van der Waals surface area contributed by atoms with Crippen molar-refractivity contribution >= 4 is 35.8 Å². The minimum Gasteiger partial charge on any atom is -0.460 e. The average molecular weight is 453 g/mol. The maximum atomic E-state index is 9.71. The second-order valence-corrected chi connectivity index (χ2v) is 9.39. The number of amidine groups is 2. The van der Waals surface area contributed by atoms with Gasteiger partial charge in [-0.1, -0.05) is 48.6 Å². The van der Waals surface area contributed by atoms with E-state index in [1.54, 1.807) is 0 Å². The number of allylic oxidation sites excluding steroid dienone is 6. The van der Waals surface area contributed by atoms with E-state index in [-0.39, 0.29) is 6.17 Å². The van der Waals surface area contributed by atoms with Crippen LogP contribution in [0.2, 0.25) is 0 Å². The van der Waals surface area contributed by atoms with Crippen molar-refractivity contribution in [2.24, 2.45) is 15.9 Å². The molecule has 0 saturated heterocycles. The molecule has 0 bridgehead atoms. The van der Waals surface area contributed by atoms with Crippen LogP contribution >= 0.6 is 0 Å². The van der Waals surface area contributed by atoms with E-state index in [2.05, 4.69) is 47.8 Å². The number of fused-ring (bicyclic) bond motifs is 3. The van der Waals surface area contributed by atoms with Crippen LogP contribution in [0, 0.1) is 5.92 Å². The molecule has 0 spiro atoms. The number of para-hydroxylation sites is 1. The predicted molar refractivity (Wildman–Crippen MR) is 137 cm³/mol. The van der Waals surface area contributed by atoms with Crippen molar-refractivity contribution in [3.8, 4) is 0 Å². The molecule has 1 aliphatic heterocycles. The molecular weight excluding hydrogens is 425 g/mol. The molecule has 4 aliphatic rings. The standard InChI is InChI=1S/C27H28BN3O3/c32-28(33)19-11-6-10-18(16-19)26-29-25(17-8-2-1-3-9-17)30-27(31-26)22-14-7-13-21-20-12-4-5-15-23(20)34-24(21)22/h1-2,4,7,11-14,16-17,25,32-33H,3,5-6,8-10,15H2,(H,29,30,31). The molecule has 0 amide bonds. The largest absolute Gasteiger partial charge is 0.488 e. The van der Waals surface area contributed by atoms with Crippen molar-refractivity contribution < 1.29 is 14.5 Å². The minimum atomic E-state index is -1.48. The van der Waals surface area contributed by atoms with E-state index in [1.165, 1.54) is 5.56 Å². The van der Waals surface area contributed by atoms with E-state index in [1.807, 2.05) is 12.2 Å². The van der Waals surface area contributed by atoms with Gasteiger partial charge in [0.2, 0.25) is 0 Å². The number of rotatable bonds is 4. The molecule has 1 aromatic carbocycles. The Morgan fingerprint density at radius 3 is 2.76 bits per heavy atom. The fourth-order valence-electron chi connectivity index (χ4n) is 5.32. The van der Waals surface area contributed by atoms with E-state index in [0.29, 0.717) is 11.4 Å². The van der Waals surface area contributed by atoms with Gasteiger partial charge in [0.1, 0.15) is 29.2 Å². The van der Waals surface area contributed by atoms with E-state index < -0.39 is 7.12 Å². The van der Waals surface area contributed by atoms with Crippen LogP contribution in [0.1, 0.15) is 55.4 Å². The molecule has 6 rings (SSSR count). The average Bonchev–Trinajstić information content (AvgIpc) is 3.28. The molecule has 3 aliphatic carbocycles. The maximum absolute atomic E-state index is 9.71. The summed E-state index contributed by atoms with van der Waals surface area (Å²) in [5, 5.41) is 24.0.